The van der Waals surface area contributed by atoms with E-state index in [1.54, 1.807) is 0 Å². The smallest absolute Gasteiger partial charge is 0.114 e. The highest BCUT2D eigenvalue weighted by Crippen LogP contribution is 2.28. The second-order valence-electron chi connectivity index (χ2n) is 4.36. The lowest BCUT2D eigenvalue weighted by Gasteiger charge is -2.21. The van der Waals surface area contributed by atoms with Crippen molar-refractivity contribution in [3.8, 4) is 0 Å². The largest absolute Gasteiger partial charge is 0.496 e. The van der Waals surface area contributed by atoms with Crippen LogP contribution in [0.2, 0.25) is 0 Å². The van der Waals surface area contributed by atoms with Crippen LogP contribution in [-0.4, -0.2) is 18.1 Å². The summed E-state index contributed by atoms with van der Waals surface area (Å²) in [5.74, 6) is 1.04. The van der Waals surface area contributed by atoms with Crippen molar-refractivity contribution in [2.75, 3.05) is 13.2 Å². The molecule has 0 amide bonds. The summed E-state index contributed by atoms with van der Waals surface area (Å²) in [4.78, 5) is 4.53. The number of ether oxygens (including phenoxy) is 1. The van der Waals surface area contributed by atoms with Gasteiger partial charge in [-0.3, -0.25) is 4.98 Å². The molecule has 17 heavy (non-hydrogen) atoms. The van der Waals surface area contributed by atoms with E-state index in [4.69, 9.17) is 4.74 Å². The number of nitrogens with zero attached hydrogens (tertiary/aromatic N) is 1. The summed E-state index contributed by atoms with van der Waals surface area (Å²) in [5.41, 5.74) is 3.35. The van der Waals surface area contributed by atoms with E-state index in [-0.39, 0.29) is 6.04 Å². The molecule has 0 fully saturated rings. The van der Waals surface area contributed by atoms with Crippen molar-refractivity contribution in [1.82, 2.24) is 10.3 Å². The highest BCUT2D eigenvalue weighted by molar-refractivity contribution is 5.31. The summed E-state index contributed by atoms with van der Waals surface area (Å²) in [5, 5.41) is 3.47. The van der Waals surface area contributed by atoms with Gasteiger partial charge in [0.15, 0.2) is 0 Å². The van der Waals surface area contributed by atoms with E-state index in [2.05, 4.69) is 42.4 Å². The van der Waals surface area contributed by atoms with Crippen LogP contribution in [0.15, 0.2) is 24.0 Å². The maximum Gasteiger partial charge on any atom is 0.114 e. The molecule has 1 aliphatic rings. The number of rotatable bonds is 4. The predicted octanol–water partition coefficient (Wildman–Crippen LogP) is 2.65. The quantitative estimate of drug-likeness (QED) is 0.866. The molecule has 0 bridgehead atoms. The van der Waals surface area contributed by atoms with Crippen molar-refractivity contribution in [2.24, 2.45) is 0 Å². The maximum absolute atomic E-state index is 5.68. The van der Waals surface area contributed by atoms with Crippen LogP contribution in [0.25, 0.3) is 0 Å². The molecule has 2 rings (SSSR count). The number of likely N-dealkylation sites (N-methyl/N-ethyl adjacent to an activating group) is 1. The molecule has 0 spiro atoms. The number of nitrogens with one attached hydrogen (secondary N) is 1. The van der Waals surface area contributed by atoms with Gasteiger partial charge >= 0.3 is 0 Å². The number of hydrogen-bond donors (Lipinski definition) is 1. The van der Waals surface area contributed by atoms with Gasteiger partial charge in [-0.15, -0.1) is 0 Å². The summed E-state index contributed by atoms with van der Waals surface area (Å²) >= 11 is 0. The first-order chi connectivity index (χ1) is 8.22. The van der Waals surface area contributed by atoms with Crippen LogP contribution in [0.5, 0.6) is 0 Å². The average Bonchev–Trinajstić information content (AvgIpc) is 2.80. The lowest BCUT2D eigenvalue weighted by Crippen LogP contribution is -2.24. The third-order valence-electron chi connectivity index (χ3n) is 3.00. The molecule has 0 aliphatic carbocycles. The molecule has 0 saturated carbocycles. The molecule has 0 radical (unpaired) electrons. The fourth-order valence-corrected chi connectivity index (χ4v) is 2.21. The highest BCUT2D eigenvalue weighted by Gasteiger charge is 2.21. The Morgan fingerprint density at radius 3 is 2.82 bits per heavy atom. The van der Waals surface area contributed by atoms with E-state index >= 15 is 0 Å². The molecule has 1 unspecified atom stereocenters. The summed E-state index contributed by atoms with van der Waals surface area (Å²) in [7, 11) is 0. The van der Waals surface area contributed by atoms with Crippen LogP contribution < -0.4 is 5.32 Å². The second-order valence-corrected chi connectivity index (χ2v) is 4.36. The van der Waals surface area contributed by atoms with Gasteiger partial charge in [0.05, 0.1) is 12.6 Å². The van der Waals surface area contributed by atoms with Crippen molar-refractivity contribution >= 4 is 0 Å². The second kappa shape index (κ2) is 5.32. The van der Waals surface area contributed by atoms with Gasteiger partial charge in [-0.05, 0) is 38.1 Å². The minimum Gasteiger partial charge on any atom is -0.496 e. The van der Waals surface area contributed by atoms with Crippen LogP contribution in [0.3, 0.4) is 0 Å². The molecule has 92 valence electrons. The summed E-state index contributed by atoms with van der Waals surface area (Å²) in [6, 6.07) is 4.35. The highest BCUT2D eigenvalue weighted by atomic mass is 16.5. The van der Waals surface area contributed by atoms with Gasteiger partial charge in [0.1, 0.15) is 5.76 Å². The van der Waals surface area contributed by atoms with E-state index in [1.807, 2.05) is 6.92 Å². The monoisotopic (exact) mass is 232 g/mol. The summed E-state index contributed by atoms with van der Waals surface area (Å²) in [6.07, 6.45) is 3.18. The first-order valence-electron chi connectivity index (χ1n) is 6.22. The van der Waals surface area contributed by atoms with Gasteiger partial charge in [0.25, 0.3) is 0 Å². The molecule has 1 aromatic rings. The van der Waals surface area contributed by atoms with Crippen molar-refractivity contribution in [3.63, 3.8) is 0 Å². The summed E-state index contributed by atoms with van der Waals surface area (Å²) in [6.45, 7) is 7.90. The standard InChI is InChI=1S/C14H20N2O/c1-4-15-14(13-6-5-9-17-13)12-8-7-10(2)16-11(12)3/h6-8,14-15H,4-5,9H2,1-3H3. The Bertz CT molecular complexity index is 426. The minimum atomic E-state index is 0.149. The number of aromatic nitrogens is 1. The fraction of sp³-hybridized carbons (Fsp3) is 0.500. The Hall–Kier alpha value is -1.35. The van der Waals surface area contributed by atoms with E-state index < -0.39 is 0 Å². The Morgan fingerprint density at radius 1 is 1.41 bits per heavy atom. The SMILES string of the molecule is CCNC(C1=CCCO1)c1ccc(C)nc1C. The number of hydrogen-bond acceptors (Lipinski definition) is 3. The molecule has 0 aromatic carbocycles. The van der Waals surface area contributed by atoms with Gasteiger partial charge in [-0.25, -0.2) is 0 Å². The first-order valence-corrected chi connectivity index (χ1v) is 6.22. The topological polar surface area (TPSA) is 34.1 Å². The van der Waals surface area contributed by atoms with Crippen LogP contribution in [-0.2, 0) is 4.74 Å². The van der Waals surface area contributed by atoms with Gasteiger partial charge in [0, 0.05) is 17.8 Å². The van der Waals surface area contributed by atoms with Gasteiger partial charge < -0.3 is 10.1 Å². The molecular formula is C14H20N2O. The van der Waals surface area contributed by atoms with Crippen molar-refractivity contribution in [3.05, 3.63) is 40.9 Å². The van der Waals surface area contributed by atoms with Crippen LogP contribution >= 0.6 is 0 Å². The lowest BCUT2D eigenvalue weighted by molar-refractivity contribution is 0.215. The number of pyridine rings is 1. The molecule has 1 aromatic heterocycles. The Morgan fingerprint density at radius 2 is 2.24 bits per heavy atom. The minimum absolute atomic E-state index is 0.149. The lowest BCUT2D eigenvalue weighted by atomic mass is 10.0. The van der Waals surface area contributed by atoms with E-state index in [0.717, 1.165) is 36.7 Å². The van der Waals surface area contributed by atoms with Gasteiger partial charge in [-0.1, -0.05) is 13.0 Å². The first kappa shape index (κ1) is 12.1. The molecular weight excluding hydrogens is 212 g/mol. The maximum atomic E-state index is 5.68. The molecule has 3 heteroatoms. The molecule has 0 saturated heterocycles. The van der Waals surface area contributed by atoms with Crippen molar-refractivity contribution in [2.45, 2.75) is 33.2 Å². The third-order valence-corrected chi connectivity index (χ3v) is 3.00. The molecule has 1 N–H and O–H groups in total. The molecule has 2 heterocycles. The predicted molar refractivity (Wildman–Crippen MR) is 68.8 cm³/mol. The van der Waals surface area contributed by atoms with Gasteiger partial charge in [0.2, 0.25) is 0 Å². The zero-order chi connectivity index (χ0) is 12.3. The van der Waals surface area contributed by atoms with Crippen LogP contribution in [0, 0.1) is 13.8 Å². The summed E-state index contributed by atoms with van der Waals surface area (Å²) < 4.78 is 5.68. The molecule has 1 atom stereocenters. The fourth-order valence-electron chi connectivity index (χ4n) is 2.21. The zero-order valence-corrected chi connectivity index (χ0v) is 10.8. The van der Waals surface area contributed by atoms with Gasteiger partial charge in [-0.2, -0.15) is 0 Å². The van der Waals surface area contributed by atoms with Crippen molar-refractivity contribution < 1.29 is 4.74 Å². The average molecular weight is 232 g/mol. The van der Waals surface area contributed by atoms with Crippen LogP contribution in [0.1, 0.15) is 36.3 Å². The van der Waals surface area contributed by atoms with E-state index in [0.29, 0.717) is 0 Å². The number of aryl methyl sites for hydroxylation is 2. The van der Waals surface area contributed by atoms with Crippen LogP contribution in [0.4, 0.5) is 0 Å². The Balaban J connectivity index is 2.31. The van der Waals surface area contributed by atoms with E-state index in [1.165, 1.54) is 5.56 Å². The Labute approximate surface area is 103 Å². The molecule has 1 aliphatic heterocycles. The zero-order valence-electron chi connectivity index (χ0n) is 10.8. The van der Waals surface area contributed by atoms with E-state index in [9.17, 15) is 0 Å². The third kappa shape index (κ3) is 2.67. The van der Waals surface area contributed by atoms with Crippen molar-refractivity contribution in [1.29, 1.82) is 0 Å². The molecule has 3 nitrogen and oxygen atoms in total. The Kier molecular flexibility index (Phi) is 3.79. The normalized spacial score (nSPS) is 16.5.